The molecule has 0 bridgehead atoms. The first-order chi connectivity index (χ1) is 11.3. The van der Waals surface area contributed by atoms with E-state index in [0.29, 0.717) is 12.4 Å². The lowest BCUT2D eigenvalue weighted by Crippen LogP contribution is -1.98. The van der Waals surface area contributed by atoms with Crippen LogP contribution in [0.5, 0.6) is 5.75 Å². The normalized spacial score (nSPS) is 10.7. The van der Waals surface area contributed by atoms with Gasteiger partial charge in [0.1, 0.15) is 11.6 Å². The lowest BCUT2D eigenvalue weighted by Gasteiger charge is -2.04. The van der Waals surface area contributed by atoms with Crippen molar-refractivity contribution in [1.82, 2.24) is 15.2 Å². The van der Waals surface area contributed by atoms with Crippen LogP contribution >= 0.6 is 11.8 Å². The first-order valence-electron chi connectivity index (χ1n) is 7.30. The third-order valence-electron chi connectivity index (χ3n) is 3.11. The van der Waals surface area contributed by atoms with Crippen LogP contribution in [0.4, 0.5) is 4.39 Å². The second-order valence-corrected chi connectivity index (χ2v) is 5.90. The van der Waals surface area contributed by atoms with E-state index in [1.807, 2.05) is 30.3 Å². The molecule has 0 aliphatic rings. The molecule has 0 aliphatic carbocycles. The Bertz CT molecular complexity index is 731. The Labute approximate surface area is 138 Å². The van der Waals surface area contributed by atoms with Crippen molar-refractivity contribution in [3.8, 4) is 17.1 Å². The van der Waals surface area contributed by atoms with E-state index in [2.05, 4.69) is 15.2 Å². The van der Waals surface area contributed by atoms with Crippen LogP contribution in [0.2, 0.25) is 0 Å². The smallest absolute Gasteiger partial charge is 0.208 e. The second kappa shape index (κ2) is 7.78. The molecular formula is C17H16FN3OS. The fourth-order valence-corrected chi connectivity index (χ4v) is 2.69. The van der Waals surface area contributed by atoms with Gasteiger partial charge in [-0.2, -0.15) is 0 Å². The summed E-state index contributed by atoms with van der Waals surface area (Å²) >= 11 is 1.58. The van der Waals surface area contributed by atoms with E-state index in [0.717, 1.165) is 28.7 Å². The van der Waals surface area contributed by atoms with Crippen molar-refractivity contribution in [2.75, 3.05) is 12.4 Å². The highest BCUT2D eigenvalue weighted by atomic mass is 32.2. The van der Waals surface area contributed by atoms with Gasteiger partial charge >= 0.3 is 0 Å². The number of nitrogens with zero attached hydrogens (tertiary/aromatic N) is 2. The summed E-state index contributed by atoms with van der Waals surface area (Å²) in [5.41, 5.74) is 1.02. The number of hydrogen-bond acceptors (Lipinski definition) is 4. The zero-order chi connectivity index (χ0) is 15.9. The molecule has 0 amide bonds. The molecule has 0 fully saturated rings. The minimum Gasteiger partial charge on any atom is -0.494 e. The Morgan fingerprint density at radius 3 is 2.61 bits per heavy atom. The van der Waals surface area contributed by atoms with Crippen molar-refractivity contribution in [2.24, 2.45) is 0 Å². The van der Waals surface area contributed by atoms with Crippen LogP contribution in [0.15, 0.2) is 59.8 Å². The van der Waals surface area contributed by atoms with Gasteiger partial charge in [0.15, 0.2) is 5.82 Å². The Morgan fingerprint density at radius 2 is 1.83 bits per heavy atom. The molecule has 0 unspecified atom stereocenters. The summed E-state index contributed by atoms with van der Waals surface area (Å²) in [5, 5.41) is 7.88. The highest BCUT2D eigenvalue weighted by Gasteiger charge is 2.05. The molecule has 2 aromatic carbocycles. The number of thioether (sulfide) groups is 1. The number of hydrogen-bond donors (Lipinski definition) is 1. The zero-order valence-electron chi connectivity index (χ0n) is 12.4. The molecule has 118 valence electrons. The van der Waals surface area contributed by atoms with Gasteiger partial charge in [-0.1, -0.05) is 42.1 Å². The maximum absolute atomic E-state index is 12.8. The maximum atomic E-state index is 12.8. The third kappa shape index (κ3) is 4.56. The summed E-state index contributed by atoms with van der Waals surface area (Å²) in [7, 11) is 0. The second-order valence-electron chi connectivity index (χ2n) is 4.84. The summed E-state index contributed by atoms with van der Waals surface area (Å²) < 4.78 is 18.3. The van der Waals surface area contributed by atoms with Crippen molar-refractivity contribution in [2.45, 2.75) is 11.6 Å². The van der Waals surface area contributed by atoms with Crippen LogP contribution in [-0.4, -0.2) is 27.5 Å². The number of benzene rings is 2. The van der Waals surface area contributed by atoms with Crippen molar-refractivity contribution < 1.29 is 9.13 Å². The molecule has 0 saturated carbocycles. The quantitative estimate of drug-likeness (QED) is 0.522. The summed E-state index contributed by atoms with van der Waals surface area (Å²) in [6, 6.07) is 15.9. The molecule has 23 heavy (non-hydrogen) atoms. The van der Waals surface area contributed by atoms with E-state index >= 15 is 0 Å². The lowest BCUT2D eigenvalue weighted by atomic mass is 10.2. The first kappa shape index (κ1) is 15.6. The van der Waals surface area contributed by atoms with Gasteiger partial charge in [0.2, 0.25) is 5.16 Å². The Balaban J connectivity index is 1.41. The molecule has 1 N–H and O–H groups in total. The summed E-state index contributed by atoms with van der Waals surface area (Å²) in [5.74, 6) is 2.05. The monoisotopic (exact) mass is 329 g/mol. The number of rotatable bonds is 7. The molecule has 0 saturated heterocycles. The van der Waals surface area contributed by atoms with E-state index in [9.17, 15) is 4.39 Å². The predicted octanol–water partition coefficient (Wildman–Crippen LogP) is 4.17. The highest BCUT2D eigenvalue weighted by molar-refractivity contribution is 7.99. The van der Waals surface area contributed by atoms with Crippen LogP contribution < -0.4 is 4.74 Å². The largest absolute Gasteiger partial charge is 0.494 e. The third-order valence-corrected chi connectivity index (χ3v) is 4.05. The standard InChI is InChI=1S/C17H16FN3OS/c18-14-7-9-15(10-8-14)22-11-4-12-23-17-19-16(20-21-17)13-5-2-1-3-6-13/h1-3,5-10H,4,11-12H2,(H,19,20,21). The fourth-order valence-electron chi connectivity index (χ4n) is 1.98. The summed E-state index contributed by atoms with van der Waals surface area (Å²) in [6.07, 6.45) is 0.858. The van der Waals surface area contributed by atoms with Gasteiger partial charge in [-0.15, -0.1) is 5.10 Å². The van der Waals surface area contributed by atoms with Crippen molar-refractivity contribution in [3.05, 3.63) is 60.4 Å². The van der Waals surface area contributed by atoms with Gasteiger partial charge in [0, 0.05) is 11.3 Å². The van der Waals surface area contributed by atoms with Crippen molar-refractivity contribution in [1.29, 1.82) is 0 Å². The molecule has 3 aromatic rings. The fraction of sp³-hybridized carbons (Fsp3) is 0.176. The number of halogens is 1. The summed E-state index contributed by atoms with van der Waals surface area (Å²) in [4.78, 5) is 4.46. The Kier molecular flexibility index (Phi) is 5.26. The first-order valence-corrected chi connectivity index (χ1v) is 8.29. The van der Waals surface area contributed by atoms with Crippen LogP contribution in [0, 0.1) is 5.82 Å². The molecule has 0 spiro atoms. The minimum atomic E-state index is -0.258. The van der Waals surface area contributed by atoms with Gasteiger partial charge in [0.25, 0.3) is 0 Å². The van der Waals surface area contributed by atoms with Crippen LogP contribution in [-0.2, 0) is 0 Å². The topological polar surface area (TPSA) is 50.8 Å². The Morgan fingerprint density at radius 1 is 1.04 bits per heavy atom. The summed E-state index contributed by atoms with van der Waals surface area (Å²) in [6.45, 7) is 0.578. The molecule has 6 heteroatoms. The number of H-pyrrole nitrogens is 1. The molecule has 3 rings (SSSR count). The maximum Gasteiger partial charge on any atom is 0.208 e. The highest BCUT2D eigenvalue weighted by Crippen LogP contribution is 2.19. The van der Waals surface area contributed by atoms with Gasteiger partial charge in [-0.05, 0) is 30.7 Å². The van der Waals surface area contributed by atoms with E-state index in [4.69, 9.17) is 4.74 Å². The molecule has 0 aliphatic heterocycles. The molecule has 0 atom stereocenters. The van der Waals surface area contributed by atoms with E-state index in [1.165, 1.54) is 12.1 Å². The number of nitrogens with one attached hydrogen (secondary N) is 1. The SMILES string of the molecule is Fc1ccc(OCCCSc2n[nH]c(-c3ccccc3)n2)cc1. The zero-order valence-corrected chi connectivity index (χ0v) is 13.2. The van der Waals surface area contributed by atoms with Crippen molar-refractivity contribution >= 4 is 11.8 Å². The van der Waals surface area contributed by atoms with E-state index in [-0.39, 0.29) is 5.82 Å². The van der Waals surface area contributed by atoms with Gasteiger partial charge < -0.3 is 4.74 Å². The molecular weight excluding hydrogens is 313 g/mol. The van der Waals surface area contributed by atoms with Gasteiger partial charge in [-0.25, -0.2) is 9.37 Å². The van der Waals surface area contributed by atoms with Crippen molar-refractivity contribution in [3.63, 3.8) is 0 Å². The molecule has 4 nitrogen and oxygen atoms in total. The van der Waals surface area contributed by atoms with Gasteiger partial charge in [0.05, 0.1) is 6.61 Å². The van der Waals surface area contributed by atoms with Gasteiger partial charge in [-0.3, -0.25) is 5.10 Å². The number of ether oxygens (including phenoxy) is 1. The number of aromatic amines is 1. The molecule has 0 radical (unpaired) electrons. The van der Waals surface area contributed by atoms with Crippen LogP contribution in [0.25, 0.3) is 11.4 Å². The molecule has 1 heterocycles. The average Bonchev–Trinajstić information content (AvgIpc) is 3.06. The van der Waals surface area contributed by atoms with Crippen LogP contribution in [0.3, 0.4) is 0 Å². The van der Waals surface area contributed by atoms with Crippen LogP contribution in [0.1, 0.15) is 6.42 Å². The number of aromatic nitrogens is 3. The average molecular weight is 329 g/mol. The molecule has 1 aromatic heterocycles. The van der Waals surface area contributed by atoms with E-state index < -0.39 is 0 Å². The minimum absolute atomic E-state index is 0.258. The Hall–Kier alpha value is -2.34. The van der Waals surface area contributed by atoms with E-state index in [1.54, 1.807) is 23.9 Å². The lowest BCUT2D eigenvalue weighted by molar-refractivity contribution is 0.318. The predicted molar refractivity (Wildman–Crippen MR) is 89.1 cm³/mol.